The van der Waals surface area contributed by atoms with Crippen LogP contribution in [0.5, 0.6) is 0 Å². The van der Waals surface area contributed by atoms with E-state index >= 15 is 0 Å². The Morgan fingerprint density at radius 1 is 1.36 bits per heavy atom. The molecular weight excluding hydrogens is 340 g/mol. The van der Waals surface area contributed by atoms with E-state index < -0.39 is 0 Å². The van der Waals surface area contributed by atoms with Gasteiger partial charge in [-0.3, -0.25) is 14.9 Å². The molecule has 2 aromatic rings. The van der Waals surface area contributed by atoms with Crippen LogP contribution in [0.3, 0.4) is 0 Å². The second-order valence-corrected chi connectivity index (χ2v) is 6.86. The molecule has 25 heavy (non-hydrogen) atoms. The Morgan fingerprint density at radius 2 is 2.12 bits per heavy atom. The summed E-state index contributed by atoms with van der Waals surface area (Å²) in [5.74, 6) is -0.205. The number of aromatic nitrogens is 2. The van der Waals surface area contributed by atoms with Crippen molar-refractivity contribution < 1.29 is 14.3 Å². The molecule has 7 nitrogen and oxygen atoms in total. The molecule has 1 aromatic carbocycles. The van der Waals surface area contributed by atoms with Gasteiger partial charge in [-0.2, -0.15) is 0 Å². The molecule has 1 atom stereocenters. The Labute approximate surface area is 150 Å². The molecule has 1 fully saturated rings. The lowest BCUT2D eigenvalue weighted by molar-refractivity contribution is -0.119. The van der Waals surface area contributed by atoms with E-state index in [1.807, 2.05) is 24.3 Å². The number of amides is 2. The maximum atomic E-state index is 12.4. The van der Waals surface area contributed by atoms with E-state index in [1.54, 1.807) is 4.90 Å². The summed E-state index contributed by atoms with van der Waals surface area (Å²) in [6.07, 6.45) is 1.37. The van der Waals surface area contributed by atoms with Gasteiger partial charge in [0.15, 0.2) is 0 Å². The minimum absolute atomic E-state index is 0.0103. The van der Waals surface area contributed by atoms with Crippen molar-refractivity contribution >= 4 is 34.0 Å². The van der Waals surface area contributed by atoms with Crippen molar-refractivity contribution in [1.29, 1.82) is 0 Å². The Kier molecular flexibility index (Phi) is 5.40. The van der Waals surface area contributed by atoms with Gasteiger partial charge in [-0.25, -0.2) is 0 Å². The van der Waals surface area contributed by atoms with Gasteiger partial charge in [0.25, 0.3) is 5.91 Å². The van der Waals surface area contributed by atoms with Gasteiger partial charge in [0.2, 0.25) is 11.0 Å². The van der Waals surface area contributed by atoms with Crippen LogP contribution in [-0.2, 0) is 20.7 Å². The lowest BCUT2D eigenvalue weighted by Crippen LogP contribution is -2.24. The molecule has 0 radical (unpaired) electrons. The Morgan fingerprint density at radius 3 is 2.80 bits per heavy atom. The molecule has 1 N–H and O–H groups in total. The molecule has 1 aliphatic rings. The van der Waals surface area contributed by atoms with Gasteiger partial charge in [0, 0.05) is 31.7 Å². The van der Waals surface area contributed by atoms with E-state index in [1.165, 1.54) is 24.0 Å². The molecule has 132 valence electrons. The monoisotopic (exact) mass is 360 g/mol. The smallest absolute Gasteiger partial charge is 0.252 e. The first-order valence-electron chi connectivity index (χ1n) is 8.12. The molecule has 0 saturated carbocycles. The predicted octanol–water partition coefficient (Wildman–Crippen LogP) is 2.21. The summed E-state index contributed by atoms with van der Waals surface area (Å²) in [4.78, 5) is 25.7. The van der Waals surface area contributed by atoms with Crippen molar-refractivity contribution in [1.82, 2.24) is 10.2 Å². The summed E-state index contributed by atoms with van der Waals surface area (Å²) in [7, 11) is 1.46. The summed E-state index contributed by atoms with van der Waals surface area (Å²) >= 11 is 1.30. The minimum atomic E-state index is -0.273. The largest absolute Gasteiger partial charge is 0.375 e. The standard InChI is InChI=1S/C17H20N4O3S/c1-3-11-4-6-13(7-5-11)21-9-12(8-15(21)23)16-19-20-17(25-16)18-14(22)10-24-2/h4-7,12H,3,8-10H2,1-2H3,(H,18,20,22)/t12-/m0/s1. The number of anilines is 2. The molecular formula is C17H20N4O3S. The molecule has 1 aromatic heterocycles. The number of nitrogens with zero attached hydrogens (tertiary/aromatic N) is 3. The zero-order valence-electron chi connectivity index (χ0n) is 14.2. The lowest BCUT2D eigenvalue weighted by Gasteiger charge is -2.16. The highest BCUT2D eigenvalue weighted by Crippen LogP contribution is 2.34. The summed E-state index contributed by atoms with van der Waals surface area (Å²) < 4.78 is 4.77. The van der Waals surface area contributed by atoms with Gasteiger partial charge in [0.1, 0.15) is 11.6 Å². The van der Waals surface area contributed by atoms with Crippen molar-refractivity contribution in [3.05, 3.63) is 34.8 Å². The van der Waals surface area contributed by atoms with Gasteiger partial charge < -0.3 is 9.64 Å². The number of carbonyl (C=O) groups is 2. The van der Waals surface area contributed by atoms with Crippen molar-refractivity contribution in [2.24, 2.45) is 0 Å². The molecule has 8 heteroatoms. The number of methoxy groups -OCH3 is 1. The number of carbonyl (C=O) groups excluding carboxylic acids is 2. The highest BCUT2D eigenvalue weighted by atomic mass is 32.1. The molecule has 0 bridgehead atoms. The fourth-order valence-corrected chi connectivity index (χ4v) is 3.62. The highest BCUT2D eigenvalue weighted by Gasteiger charge is 2.33. The minimum Gasteiger partial charge on any atom is -0.375 e. The molecule has 2 amide bonds. The number of ether oxygens (including phenoxy) is 1. The zero-order valence-corrected chi connectivity index (χ0v) is 15.0. The molecule has 0 aliphatic carbocycles. The van der Waals surface area contributed by atoms with Crippen molar-refractivity contribution in [2.45, 2.75) is 25.7 Å². The van der Waals surface area contributed by atoms with Crippen LogP contribution in [-0.4, -0.2) is 42.3 Å². The molecule has 3 rings (SSSR count). The van der Waals surface area contributed by atoms with Gasteiger partial charge in [-0.15, -0.1) is 10.2 Å². The molecule has 0 unspecified atom stereocenters. The molecule has 0 spiro atoms. The summed E-state index contributed by atoms with van der Waals surface area (Å²) in [6.45, 7) is 2.65. The first-order chi connectivity index (χ1) is 12.1. The van der Waals surface area contributed by atoms with E-state index in [-0.39, 0.29) is 24.3 Å². The molecule has 1 aliphatic heterocycles. The van der Waals surface area contributed by atoms with E-state index in [0.29, 0.717) is 18.1 Å². The highest BCUT2D eigenvalue weighted by molar-refractivity contribution is 7.15. The normalized spacial score (nSPS) is 17.1. The van der Waals surface area contributed by atoms with E-state index in [2.05, 4.69) is 22.4 Å². The third-order valence-corrected chi connectivity index (χ3v) is 5.09. The van der Waals surface area contributed by atoms with E-state index in [0.717, 1.165) is 17.1 Å². The predicted molar refractivity (Wildman–Crippen MR) is 95.9 cm³/mol. The Hall–Kier alpha value is -2.32. The van der Waals surface area contributed by atoms with Crippen molar-refractivity contribution in [3.8, 4) is 0 Å². The third kappa shape index (κ3) is 4.02. The van der Waals surface area contributed by atoms with Gasteiger partial charge in [-0.05, 0) is 24.1 Å². The summed E-state index contributed by atoms with van der Waals surface area (Å²) in [6, 6.07) is 8.06. The Bertz CT molecular complexity index is 760. The van der Waals surface area contributed by atoms with Crippen LogP contribution in [0.25, 0.3) is 0 Å². The van der Waals surface area contributed by atoms with Crippen molar-refractivity contribution in [2.75, 3.05) is 30.5 Å². The maximum Gasteiger partial charge on any atom is 0.252 e. The molecule has 2 heterocycles. The second-order valence-electron chi connectivity index (χ2n) is 5.85. The maximum absolute atomic E-state index is 12.4. The van der Waals surface area contributed by atoms with Gasteiger partial charge in [-0.1, -0.05) is 30.4 Å². The average Bonchev–Trinajstić information content (AvgIpc) is 3.22. The fourth-order valence-electron chi connectivity index (χ4n) is 2.77. The van der Waals surface area contributed by atoms with E-state index in [9.17, 15) is 9.59 Å². The summed E-state index contributed by atoms with van der Waals surface area (Å²) in [5.41, 5.74) is 2.15. The van der Waals surface area contributed by atoms with Crippen LogP contribution in [0.4, 0.5) is 10.8 Å². The Balaban J connectivity index is 1.67. The van der Waals surface area contributed by atoms with Crippen LogP contribution in [0.1, 0.15) is 29.8 Å². The van der Waals surface area contributed by atoms with Crippen LogP contribution in [0.2, 0.25) is 0 Å². The quantitative estimate of drug-likeness (QED) is 0.854. The van der Waals surface area contributed by atoms with Crippen LogP contribution in [0.15, 0.2) is 24.3 Å². The summed E-state index contributed by atoms with van der Waals surface area (Å²) in [5, 5.41) is 11.9. The van der Waals surface area contributed by atoms with Crippen LogP contribution < -0.4 is 10.2 Å². The van der Waals surface area contributed by atoms with Crippen LogP contribution >= 0.6 is 11.3 Å². The van der Waals surface area contributed by atoms with Crippen LogP contribution in [0, 0.1) is 0 Å². The third-order valence-electron chi connectivity index (χ3n) is 4.09. The average molecular weight is 360 g/mol. The number of benzene rings is 1. The number of aryl methyl sites for hydroxylation is 1. The number of hydrogen-bond acceptors (Lipinski definition) is 6. The van der Waals surface area contributed by atoms with Crippen molar-refractivity contribution in [3.63, 3.8) is 0 Å². The number of rotatable bonds is 6. The zero-order chi connectivity index (χ0) is 17.8. The first kappa shape index (κ1) is 17.5. The molecule has 1 saturated heterocycles. The van der Waals surface area contributed by atoms with Gasteiger partial charge >= 0.3 is 0 Å². The number of nitrogens with one attached hydrogen (secondary N) is 1. The van der Waals surface area contributed by atoms with Gasteiger partial charge in [0.05, 0.1) is 0 Å². The SMILES string of the molecule is CCc1ccc(N2C[C@@H](c3nnc(NC(=O)COC)s3)CC2=O)cc1. The topological polar surface area (TPSA) is 84.4 Å². The second kappa shape index (κ2) is 7.71. The lowest BCUT2D eigenvalue weighted by atomic mass is 10.1. The van der Waals surface area contributed by atoms with E-state index in [4.69, 9.17) is 4.74 Å². The first-order valence-corrected chi connectivity index (χ1v) is 8.93. The fraction of sp³-hybridized carbons (Fsp3) is 0.412. The number of hydrogen-bond donors (Lipinski definition) is 1.